The van der Waals surface area contributed by atoms with E-state index < -0.39 is 15.1 Å². The number of nitrogens with one attached hydrogen (secondary N) is 2. The van der Waals surface area contributed by atoms with Gasteiger partial charge in [-0.3, -0.25) is 0 Å². The summed E-state index contributed by atoms with van der Waals surface area (Å²) in [6, 6.07) is -0.492. The summed E-state index contributed by atoms with van der Waals surface area (Å²) in [5.74, 6) is 0. The fourth-order valence-corrected chi connectivity index (χ4v) is 4.79. The molecule has 0 heterocycles. The van der Waals surface area contributed by atoms with Gasteiger partial charge in [0.25, 0.3) is 0 Å². The molecule has 0 unspecified atom stereocenters. The van der Waals surface area contributed by atoms with Gasteiger partial charge in [0.15, 0.2) is 9.84 Å². The van der Waals surface area contributed by atoms with Crippen molar-refractivity contribution in [2.45, 2.75) is 74.8 Å². The molecule has 0 radical (unpaired) electrons. The molecule has 0 aliphatic heterocycles. The lowest BCUT2D eigenvalue weighted by Crippen LogP contribution is -2.53. The van der Waals surface area contributed by atoms with Crippen molar-refractivity contribution in [2.75, 3.05) is 6.26 Å². The molecule has 0 aromatic carbocycles. The van der Waals surface area contributed by atoms with Crippen LogP contribution in [0.15, 0.2) is 0 Å². The number of carbonyl (C=O) groups is 1. The zero-order valence-corrected chi connectivity index (χ0v) is 13.4. The average molecular weight is 318 g/mol. The molecule has 0 aromatic heterocycles. The normalized spacial score (nSPS) is 34.2. The Morgan fingerprint density at radius 1 is 1.00 bits per heavy atom. The second kappa shape index (κ2) is 6.96. The number of sulfone groups is 1. The van der Waals surface area contributed by atoms with Crippen molar-refractivity contribution in [3.63, 3.8) is 0 Å². The van der Waals surface area contributed by atoms with Gasteiger partial charge in [0.1, 0.15) is 0 Å². The molecule has 6 nitrogen and oxygen atoms in total. The van der Waals surface area contributed by atoms with Crippen molar-refractivity contribution in [1.29, 1.82) is 0 Å². The van der Waals surface area contributed by atoms with Crippen LogP contribution in [-0.4, -0.2) is 49.2 Å². The van der Waals surface area contributed by atoms with Gasteiger partial charge in [-0.2, -0.15) is 0 Å². The lowest BCUT2D eigenvalue weighted by atomic mass is 9.93. The zero-order chi connectivity index (χ0) is 15.5. The number of aliphatic hydroxyl groups is 1. The lowest BCUT2D eigenvalue weighted by molar-refractivity contribution is 0.117. The number of carbonyl (C=O) groups excluding carboxylic acids is 1. The molecule has 21 heavy (non-hydrogen) atoms. The molecule has 7 heteroatoms. The van der Waals surface area contributed by atoms with Crippen molar-refractivity contribution in [3.05, 3.63) is 0 Å². The highest BCUT2D eigenvalue weighted by atomic mass is 32.2. The second-order valence-electron chi connectivity index (χ2n) is 6.38. The molecule has 0 bridgehead atoms. The first kappa shape index (κ1) is 16.5. The van der Waals surface area contributed by atoms with Crippen LogP contribution in [0.3, 0.4) is 0 Å². The first-order valence-corrected chi connectivity index (χ1v) is 9.75. The minimum atomic E-state index is -3.14. The quantitative estimate of drug-likeness (QED) is 0.722. The molecule has 0 saturated heterocycles. The molecule has 2 saturated carbocycles. The van der Waals surface area contributed by atoms with Crippen LogP contribution < -0.4 is 10.6 Å². The zero-order valence-electron chi connectivity index (χ0n) is 12.5. The van der Waals surface area contributed by atoms with Crippen molar-refractivity contribution in [2.24, 2.45) is 0 Å². The Morgan fingerprint density at radius 2 is 1.62 bits per heavy atom. The van der Waals surface area contributed by atoms with Crippen molar-refractivity contribution < 1.29 is 18.3 Å². The third-order valence-electron chi connectivity index (χ3n) is 4.60. The largest absolute Gasteiger partial charge is 0.393 e. The fourth-order valence-electron chi connectivity index (χ4n) is 3.39. The summed E-state index contributed by atoms with van der Waals surface area (Å²) < 4.78 is 23.6. The number of urea groups is 1. The van der Waals surface area contributed by atoms with Gasteiger partial charge >= 0.3 is 6.03 Å². The molecule has 0 spiro atoms. The van der Waals surface area contributed by atoms with E-state index in [9.17, 15) is 18.3 Å². The number of amides is 2. The Kier molecular flexibility index (Phi) is 5.48. The Morgan fingerprint density at radius 3 is 2.24 bits per heavy atom. The number of hydrogen-bond acceptors (Lipinski definition) is 4. The Balaban J connectivity index is 1.86. The minimum absolute atomic E-state index is 0.0775. The Labute approximate surface area is 126 Å². The predicted octanol–water partition coefficient (Wildman–Crippen LogP) is 0.945. The van der Waals surface area contributed by atoms with Crippen LogP contribution in [0.2, 0.25) is 0 Å². The third kappa shape index (κ3) is 4.85. The monoisotopic (exact) mass is 318 g/mol. The van der Waals surface area contributed by atoms with Crippen LogP contribution in [0.25, 0.3) is 0 Å². The van der Waals surface area contributed by atoms with E-state index in [-0.39, 0.29) is 24.2 Å². The molecule has 2 rings (SSSR count). The lowest BCUT2D eigenvalue weighted by Gasteiger charge is -2.32. The third-order valence-corrected chi connectivity index (χ3v) is 6.27. The van der Waals surface area contributed by atoms with Gasteiger partial charge in [0, 0.05) is 18.3 Å². The predicted molar refractivity (Wildman–Crippen MR) is 80.8 cm³/mol. The van der Waals surface area contributed by atoms with E-state index in [1.807, 2.05) is 0 Å². The summed E-state index contributed by atoms with van der Waals surface area (Å²) in [7, 11) is -3.14. The standard InChI is InChI=1S/C14H26N2O4S/c1-21(19,20)13-5-3-2-4-12(13)16-14(18)15-10-6-8-11(17)9-7-10/h10-13,17H,2-9H2,1H3,(H2,15,16,18)/t10?,11?,12-,13-/m1/s1. The topological polar surface area (TPSA) is 95.5 Å². The summed E-state index contributed by atoms with van der Waals surface area (Å²) >= 11 is 0. The van der Waals surface area contributed by atoms with E-state index in [4.69, 9.17) is 0 Å². The Bertz CT molecular complexity index is 458. The van der Waals surface area contributed by atoms with Crippen LogP contribution in [0, 0.1) is 0 Å². The van der Waals surface area contributed by atoms with Gasteiger partial charge in [-0.25, -0.2) is 13.2 Å². The average Bonchev–Trinajstić information content (AvgIpc) is 2.41. The second-order valence-corrected chi connectivity index (χ2v) is 8.65. The van der Waals surface area contributed by atoms with Crippen molar-refractivity contribution in [3.8, 4) is 0 Å². The molecule has 2 aliphatic carbocycles. The van der Waals surface area contributed by atoms with Gasteiger partial charge in [-0.05, 0) is 38.5 Å². The van der Waals surface area contributed by atoms with Crippen LogP contribution in [0.4, 0.5) is 4.79 Å². The number of aliphatic hydroxyl groups excluding tert-OH is 1. The number of hydrogen-bond donors (Lipinski definition) is 3. The van der Waals surface area contributed by atoms with Crippen LogP contribution in [-0.2, 0) is 9.84 Å². The molecule has 0 aromatic rings. The van der Waals surface area contributed by atoms with E-state index in [0.29, 0.717) is 25.7 Å². The number of rotatable bonds is 3. The van der Waals surface area contributed by atoms with E-state index in [1.54, 1.807) is 0 Å². The van der Waals surface area contributed by atoms with Gasteiger partial charge in [0.2, 0.25) is 0 Å². The van der Waals surface area contributed by atoms with Crippen LogP contribution >= 0.6 is 0 Å². The molecule has 2 fully saturated rings. The molecular formula is C14H26N2O4S. The highest BCUT2D eigenvalue weighted by Crippen LogP contribution is 2.24. The molecule has 122 valence electrons. The van der Waals surface area contributed by atoms with Gasteiger partial charge in [0.05, 0.1) is 11.4 Å². The first-order valence-electron chi connectivity index (χ1n) is 7.80. The smallest absolute Gasteiger partial charge is 0.315 e. The van der Waals surface area contributed by atoms with E-state index in [1.165, 1.54) is 6.26 Å². The maximum absolute atomic E-state index is 12.1. The van der Waals surface area contributed by atoms with Crippen molar-refractivity contribution >= 4 is 15.9 Å². The van der Waals surface area contributed by atoms with Crippen molar-refractivity contribution in [1.82, 2.24) is 10.6 Å². The maximum Gasteiger partial charge on any atom is 0.315 e. The van der Waals surface area contributed by atoms with Crippen LogP contribution in [0.1, 0.15) is 51.4 Å². The first-order chi connectivity index (χ1) is 9.86. The summed E-state index contributed by atoms with van der Waals surface area (Å²) in [4.78, 5) is 12.1. The summed E-state index contributed by atoms with van der Waals surface area (Å²) in [5, 5.41) is 14.7. The van der Waals surface area contributed by atoms with E-state index in [2.05, 4.69) is 10.6 Å². The Hall–Kier alpha value is -0.820. The highest BCUT2D eigenvalue weighted by Gasteiger charge is 2.34. The van der Waals surface area contributed by atoms with E-state index >= 15 is 0 Å². The maximum atomic E-state index is 12.1. The fraction of sp³-hybridized carbons (Fsp3) is 0.929. The molecule has 2 atom stereocenters. The highest BCUT2D eigenvalue weighted by molar-refractivity contribution is 7.91. The summed E-state index contributed by atoms with van der Waals surface area (Å²) in [6.45, 7) is 0. The van der Waals surface area contributed by atoms with Crippen LogP contribution in [0.5, 0.6) is 0 Å². The summed E-state index contributed by atoms with van der Waals surface area (Å²) in [6.07, 6.45) is 7.15. The van der Waals surface area contributed by atoms with Gasteiger partial charge in [-0.15, -0.1) is 0 Å². The molecule has 2 aliphatic rings. The molecule has 2 amide bonds. The van der Waals surface area contributed by atoms with E-state index in [0.717, 1.165) is 25.7 Å². The van der Waals surface area contributed by atoms with Gasteiger partial charge in [-0.1, -0.05) is 12.8 Å². The summed E-state index contributed by atoms with van der Waals surface area (Å²) in [5.41, 5.74) is 0. The minimum Gasteiger partial charge on any atom is -0.393 e. The van der Waals surface area contributed by atoms with Gasteiger partial charge < -0.3 is 15.7 Å². The SMILES string of the molecule is CS(=O)(=O)[C@@H]1CCCC[C@H]1NC(=O)NC1CCC(O)CC1. The molecular weight excluding hydrogens is 292 g/mol. The molecule has 3 N–H and O–H groups in total.